The van der Waals surface area contributed by atoms with Crippen molar-refractivity contribution in [3.05, 3.63) is 29.1 Å². The summed E-state index contributed by atoms with van der Waals surface area (Å²) in [6, 6.07) is 4.18. The van der Waals surface area contributed by atoms with Crippen LogP contribution in [0.25, 0.3) is 0 Å². The van der Waals surface area contributed by atoms with Crippen LogP contribution in [0.4, 0.5) is 0 Å². The Labute approximate surface area is 78.2 Å². The van der Waals surface area contributed by atoms with Gasteiger partial charge in [-0.25, -0.2) is 4.98 Å². The number of aromatic nitrogens is 1. The number of nitriles is 1. The van der Waals surface area contributed by atoms with Gasteiger partial charge in [-0.1, -0.05) is 6.42 Å². The maximum atomic E-state index is 8.80. The molecule has 0 amide bonds. The van der Waals surface area contributed by atoms with Crippen LogP contribution in [0.5, 0.6) is 0 Å². The van der Waals surface area contributed by atoms with E-state index in [0.717, 1.165) is 5.56 Å². The summed E-state index contributed by atoms with van der Waals surface area (Å²) < 4.78 is 0. The number of nitrogens with zero attached hydrogens (tertiary/aromatic N) is 2. The van der Waals surface area contributed by atoms with Crippen molar-refractivity contribution in [3.8, 4) is 6.07 Å². The summed E-state index contributed by atoms with van der Waals surface area (Å²) >= 11 is 0. The molecule has 13 heavy (non-hydrogen) atoms. The Kier molecular flexibility index (Phi) is 2.02. The molecule has 66 valence electrons. The molecule has 1 aliphatic rings. The van der Waals surface area contributed by atoms with Gasteiger partial charge in [-0.3, -0.25) is 0 Å². The molecule has 1 aromatic rings. The van der Waals surface area contributed by atoms with Crippen molar-refractivity contribution in [1.82, 2.24) is 4.98 Å². The van der Waals surface area contributed by atoms with E-state index >= 15 is 0 Å². The summed E-state index contributed by atoms with van der Waals surface area (Å²) in [7, 11) is 0. The van der Waals surface area contributed by atoms with Gasteiger partial charge in [-0.05, 0) is 42.9 Å². The molecule has 0 bridgehead atoms. The van der Waals surface area contributed by atoms with Gasteiger partial charge in [-0.15, -0.1) is 0 Å². The van der Waals surface area contributed by atoms with E-state index in [2.05, 4.69) is 17.1 Å². The Morgan fingerprint density at radius 3 is 2.85 bits per heavy atom. The van der Waals surface area contributed by atoms with E-state index in [-0.39, 0.29) is 0 Å². The van der Waals surface area contributed by atoms with Gasteiger partial charge in [0.05, 0.1) is 0 Å². The first kappa shape index (κ1) is 8.25. The molecule has 0 spiro atoms. The predicted octanol–water partition coefficient (Wildman–Crippen LogP) is 2.53. The first-order chi connectivity index (χ1) is 6.33. The van der Waals surface area contributed by atoms with Crippen molar-refractivity contribution in [1.29, 1.82) is 5.26 Å². The molecule has 2 heteroatoms. The van der Waals surface area contributed by atoms with Gasteiger partial charge in [0.2, 0.25) is 0 Å². The Balaban J connectivity index is 2.40. The van der Waals surface area contributed by atoms with E-state index in [0.29, 0.717) is 11.6 Å². The Bertz CT molecular complexity index is 359. The molecule has 0 saturated heterocycles. The average Bonchev–Trinajstić information content (AvgIpc) is 2.05. The van der Waals surface area contributed by atoms with Crippen molar-refractivity contribution in [2.24, 2.45) is 0 Å². The third-order valence-electron chi connectivity index (χ3n) is 2.90. The fourth-order valence-electron chi connectivity index (χ4n) is 1.82. The molecule has 1 aromatic heterocycles. The lowest BCUT2D eigenvalue weighted by Gasteiger charge is -2.27. The zero-order valence-corrected chi connectivity index (χ0v) is 7.75. The standard InChI is InChI=1S/C11H12N2/c1-8-10(9-3-2-4-9)5-6-13-11(8)7-12/h5-6,9H,2-4H2,1H3. The fourth-order valence-corrected chi connectivity index (χ4v) is 1.82. The van der Waals surface area contributed by atoms with Crippen LogP contribution in [0.1, 0.15) is 42.0 Å². The summed E-state index contributed by atoms with van der Waals surface area (Å²) in [5.41, 5.74) is 3.00. The van der Waals surface area contributed by atoms with Gasteiger partial charge in [0.25, 0.3) is 0 Å². The quantitative estimate of drug-likeness (QED) is 0.652. The third-order valence-corrected chi connectivity index (χ3v) is 2.90. The van der Waals surface area contributed by atoms with Crippen LogP contribution >= 0.6 is 0 Å². The maximum absolute atomic E-state index is 8.80. The second-order valence-corrected chi connectivity index (χ2v) is 3.61. The average molecular weight is 172 g/mol. The highest BCUT2D eigenvalue weighted by Crippen LogP contribution is 2.37. The lowest BCUT2D eigenvalue weighted by molar-refractivity contribution is 0.418. The number of pyridine rings is 1. The summed E-state index contributed by atoms with van der Waals surface area (Å²) in [4.78, 5) is 4.04. The lowest BCUT2D eigenvalue weighted by atomic mass is 9.78. The van der Waals surface area contributed by atoms with Crippen LogP contribution in [0.2, 0.25) is 0 Å². The van der Waals surface area contributed by atoms with Crippen LogP contribution in [-0.2, 0) is 0 Å². The van der Waals surface area contributed by atoms with E-state index in [1.54, 1.807) is 6.20 Å². The molecule has 0 unspecified atom stereocenters. The minimum Gasteiger partial charge on any atom is -0.245 e. The second kappa shape index (κ2) is 3.18. The van der Waals surface area contributed by atoms with Gasteiger partial charge in [0.15, 0.2) is 0 Å². The van der Waals surface area contributed by atoms with Crippen molar-refractivity contribution in [3.63, 3.8) is 0 Å². The predicted molar refractivity (Wildman–Crippen MR) is 50.3 cm³/mol. The molecule has 0 N–H and O–H groups in total. The number of hydrogen-bond donors (Lipinski definition) is 0. The highest BCUT2D eigenvalue weighted by molar-refractivity contribution is 5.38. The highest BCUT2D eigenvalue weighted by Gasteiger charge is 2.21. The smallest absolute Gasteiger partial charge is 0.143 e. The zero-order chi connectivity index (χ0) is 9.26. The maximum Gasteiger partial charge on any atom is 0.143 e. The highest BCUT2D eigenvalue weighted by atomic mass is 14.7. The molecule has 1 heterocycles. The molecular weight excluding hydrogens is 160 g/mol. The molecule has 1 saturated carbocycles. The van der Waals surface area contributed by atoms with Crippen molar-refractivity contribution >= 4 is 0 Å². The first-order valence-electron chi connectivity index (χ1n) is 4.68. The van der Waals surface area contributed by atoms with Crippen molar-refractivity contribution < 1.29 is 0 Å². The molecule has 0 aromatic carbocycles. The first-order valence-corrected chi connectivity index (χ1v) is 4.68. The zero-order valence-electron chi connectivity index (χ0n) is 7.75. The number of hydrogen-bond acceptors (Lipinski definition) is 2. The SMILES string of the molecule is Cc1c(C2CCC2)ccnc1C#N. The van der Waals surface area contributed by atoms with Crippen LogP contribution in [-0.4, -0.2) is 4.98 Å². The molecule has 0 atom stereocenters. The Hall–Kier alpha value is -1.36. The molecule has 0 aliphatic heterocycles. The van der Waals surface area contributed by atoms with Crippen LogP contribution in [0.15, 0.2) is 12.3 Å². The lowest BCUT2D eigenvalue weighted by Crippen LogP contribution is -2.11. The molecule has 1 aliphatic carbocycles. The van der Waals surface area contributed by atoms with Crippen LogP contribution in [0.3, 0.4) is 0 Å². The second-order valence-electron chi connectivity index (χ2n) is 3.61. The monoisotopic (exact) mass is 172 g/mol. The molecular formula is C11H12N2. The summed E-state index contributed by atoms with van der Waals surface area (Å²) in [6.07, 6.45) is 5.62. The van der Waals surface area contributed by atoms with Crippen LogP contribution < -0.4 is 0 Å². The fraction of sp³-hybridized carbons (Fsp3) is 0.455. The minimum atomic E-state index is 0.587. The number of rotatable bonds is 1. The van der Waals surface area contributed by atoms with E-state index in [4.69, 9.17) is 5.26 Å². The molecule has 2 rings (SSSR count). The Morgan fingerprint density at radius 2 is 2.31 bits per heavy atom. The van der Waals surface area contributed by atoms with Gasteiger partial charge in [0.1, 0.15) is 11.8 Å². The van der Waals surface area contributed by atoms with E-state index in [1.807, 2.05) is 6.92 Å². The molecule has 1 fully saturated rings. The Morgan fingerprint density at radius 1 is 1.54 bits per heavy atom. The molecule has 0 radical (unpaired) electrons. The normalized spacial score (nSPS) is 16.3. The minimum absolute atomic E-state index is 0.587. The molecule has 2 nitrogen and oxygen atoms in total. The van der Waals surface area contributed by atoms with Gasteiger partial charge in [0, 0.05) is 6.20 Å². The largest absolute Gasteiger partial charge is 0.245 e. The van der Waals surface area contributed by atoms with E-state index in [9.17, 15) is 0 Å². The van der Waals surface area contributed by atoms with Gasteiger partial charge >= 0.3 is 0 Å². The summed E-state index contributed by atoms with van der Waals surface area (Å²) in [5, 5.41) is 8.80. The summed E-state index contributed by atoms with van der Waals surface area (Å²) in [6.45, 7) is 2.00. The van der Waals surface area contributed by atoms with Crippen LogP contribution in [0, 0.1) is 18.3 Å². The third kappa shape index (κ3) is 1.31. The summed E-state index contributed by atoms with van der Waals surface area (Å²) in [5.74, 6) is 0.690. The van der Waals surface area contributed by atoms with Crippen molar-refractivity contribution in [2.45, 2.75) is 32.1 Å². The van der Waals surface area contributed by atoms with Gasteiger partial charge in [-0.2, -0.15) is 5.26 Å². The van der Waals surface area contributed by atoms with Crippen molar-refractivity contribution in [2.75, 3.05) is 0 Å². The van der Waals surface area contributed by atoms with E-state index < -0.39 is 0 Å². The van der Waals surface area contributed by atoms with E-state index in [1.165, 1.54) is 24.8 Å². The van der Waals surface area contributed by atoms with Gasteiger partial charge < -0.3 is 0 Å². The topological polar surface area (TPSA) is 36.7 Å².